The normalized spacial score (nSPS) is 10.4. The van der Waals surface area contributed by atoms with Gasteiger partial charge in [0, 0.05) is 10.5 Å². The van der Waals surface area contributed by atoms with E-state index >= 15 is 0 Å². The van der Waals surface area contributed by atoms with Crippen LogP contribution in [0, 0.1) is 18.6 Å². The molecule has 0 unspecified atom stereocenters. The molecule has 0 atom stereocenters. The molecule has 0 aliphatic rings. The fraction of sp³-hybridized carbons (Fsp3) is 0.143. The van der Waals surface area contributed by atoms with Crippen LogP contribution in [0.4, 0.5) is 8.78 Å². The van der Waals surface area contributed by atoms with Gasteiger partial charge in [0.05, 0.1) is 0 Å². The van der Waals surface area contributed by atoms with E-state index in [1.165, 1.54) is 12.1 Å². The fourth-order valence-electron chi connectivity index (χ4n) is 1.58. The van der Waals surface area contributed by atoms with E-state index in [2.05, 4.69) is 15.9 Å². The van der Waals surface area contributed by atoms with Crippen LogP contribution in [0.25, 0.3) is 0 Å². The highest BCUT2D eigenvalue weighted by atomic mass is 79.9. The van der Waals surface area contributed by atoms with Crippen LogP contribution in [-0.4, -0.2) is 0 Å². The van der Waals surface area contributed by atoms with Crippen molar-refractivity contribution in [2.24, 2.45) is 0 Å². The van der Waals surface area contributed by atoms with Gasteiger partial charge in [-0.15, -0.1) is 0 Å². The molecule has 0 aromatic heterocycles. The molecule has 0 heterocycles. The lowest BCUT2D eigenvalue weighted by molar-refractivity contribution is 0.302. The first-order valence-corrected chi connectivity index (χ1v) is 6.18. The highest BCUT2D eigenvalue weighted by molar-refractivity contribution is 9.10. The third kappa shape index (κ3) is 3.29. The Bertz CT molecular complexity index is 549. The molecule has 0 bridgehead atoms. The third-order valence-electron chi connectivity index (χ3n) is 2.47. The summed E-state index contributed by atoms with van der Waals surface area (Å²) in [4.78, 5) is 0. The summed E-state index contributed by atoms with van der Waals surface area (Å²) >= 11 is 3.35. The molecule has 0 amide bonds. The second-order valence-corrected chi connectivity index (χ2v) is 4.89. The van der Waals surface area contributed by atoms with Gasteiger partial charge in [-0.25, -0.2) is 8.78 Å². The number of aryl methyl sites for hydroxylation is 1. The van der Waals surface area contributed by atoms with Gasteiger partial charge in [0.2, 0.25) is 0 Å². The van der Waals surface area contributed by atoms with Gasteiger partial charge in [-0.1, -0.05) is 22.0 Å². The van der Waals surface area contributed by atoms with E-state index in [1.807, 2.05) is 25.1 Å². The quantitative estimate of drug-likeness (QED) is 0.804. The highest BCUT2D eigenvalue weighted by Gasteiger charge is 2.04. The molecule has 0 aliphatic carbocycles. The maximum atomic E-state index is 13.0. The minimum Gasteiger partial charge on any atom is -0.489 e. The predicted octanol–water partition coefficient (Wildman–Crippen LogP) is 4.61. The average Bonchev–Trinajstić information content (AvgIpc) is 2.29. The van der Waals surface area contributed by atoms with Crippen molar-refractivity contribution >= 4 is 15.9 Å². The summed E-state index contributed by atoms with van der Waals surface area (Å²) in [7, 11) is 0. The summed E-state index contributed by atoms with van der Waals surface area (Å²) in [5.41, 5.74) is 1.43. The van der Waals surface area contributed by atoms with E-state index in [1.54, 1.807) is 0 Å². The summed E-state index contributed by atoms with van der Waals surface area (Å²) in [6.45, 7) is 2.04. The number of hydrogen-bond donors (Lipinski definition) is 0. The van der Waals surface area contributed by atoms with E-state index in [9.17, 15) is 8.78 Å². The van der Waals surface area contributed by atoms with Gasteiger partial charge < -0.3 is 4.74 Å². The van der Waals surface area contributed by atoms with Crippen LogP contribution in [0.3, 0.4) is 0 Å². The van der Waals surface area contributed by atoms with E-state index in [4.69, 9.17) is 4.74 Å². The molecule has 2 aromatic rings. The molecule has 2 rings (SSSR count). The maximum Gasteiger partial charge on any atom is 0.126 e. The van der Waals surface area contributed by atoms with Crippen LogP contribution in [0.15, 0.2) is 40.9 Å². The molecule has 0 saturated carbocycles. The lowest BCUT2D eigenvalue weighted by atomic mass is 10.2. The second-order valence-electron chi connectivity index (χ2n) is 3.98. The first kappa shape index (κ1) is 13.0. The average molecular weight is 313 g/mol. The van der Waals surface area contributed by atoms with Crippen molar-refractivity contribution in [3.8, 4) is 5.75 Å². The van der Waals surface area contributed by atoms with Gasteiger partial charge in [-0.2, -0.15) is 0 Å². The topological polar surface area (TPSA) is 9.23 Å². The van der Waals surface area contributed by atoms with Crippen molar-refractivity contribution in [2.75, 3.05) is 0 Å². The number of ether oxygens (including phenoxy) is 1. The van der Waals surface area contributed by atoms with Crippen molar-refractivity contribution in [1.82, 2.24) is 0 Å². The Labute approximate surface area is 113 Å². The lowest BCUT2D eigenvalue weighted by Gasteiger charge is -2.09. The summed E-state index contributed by atoms with van der Waals surface area (Å²) in [5, 5.41) is 0. The molecular formula is C14H11BrF2O. The summed E-state index contributed by atoms with van der Waals surface area (Å²) < 4.78 is 32.4. The van der Waals surface area contributed by atoms with Crippen LogP contribution >= 0.6 is 15.9 Å². The number of hydrogen-bond acceptors (Lipinski definition) is 1. The van der Waals surface area contributed by atoms with E-state index in [0.717, 1.165) is 16.1 Å². The molecule has 94 valence electrons. The Kier molecular flexibility index (Phi) is 3.97. The molecule has 2 aromatic carbocycles. The minimum atomic E-state index is -0.598. The molecule has 0 fully saturated rings. The largest absolute Gasteiger partial charge is 0.489 e. The molecule has 0 spiro atoms. The summed E-state index contributed by atoms with van der Waals surface area (Å²) in [6.07, 6.45) is 0. The molecular weight excluding hydrogens is 302 g/mol. The zero-order valence-corrected chi connectivity index (χ0v) is 11.3. The number of benzene rings is 2. The van der Waals surface area contributed by atoms with Crippen LogP contribution in [-0.2, 0) is 6.61 Å². The Morgan fingerprint density at radius 3 is 2.39 bits per heavy atom. The predicted molar refractivity (Wildman–Crippen MR) is 69.6 cm³/mol. The Morgan fingerprint density at radius 1 is 1.06 bits per heavy atom. The SMILES string of the molecule is Cc1ccc(Br)cc1OCc1cc(F)cc(F)c1. The zero-order chi connectivity index (χ0) is 13.1. The van der Waals surface area contributed by atoms with Gasteiger partial charge in [-0.3, -0.25) is 0 Å². The van der Waals surface area contributed by atoms with Crippen molar-refractivity contribution in [2.45, 2.75) is 13.5 Å². The summed E-state index contributed by atoms with van der Waals surface area (Å²) in [5.74, 6) is -0.506. The summed E-state index contributed by atoms with van der Waals surface area (Å²) in [6, 6.07) is 9.00. The first-order valence-electron chi connectivity index (χ1n) is 5.38. The van der Waals surface area contributed by atoms with Crippen LogP contribution in [0.1, 0.15) is 11.1 Å². The molecule has 0 radical (unpaired) electrons. The lowest BCUT2D eigenvalue weighted by Crippen LogP contribution is -1.98. The van der Waals surface area contributed by atoms with Crippen molar-refractivity contribution in [3.63, 3.8) is 0 Å². The molecule has 1 nitrogen and oxygen atoms in total. The monoisotopic (exact) mass is 312 g/mol. The van der Waals surface area contributed by atoms with Crippen molar-refractivity contribution in [1.29, 1.82) is 0 Å². The second kappa shape index (κ2) is 5.48. The molecule has 0 aliphatic heterocycles. The molecule has 18 heavy (non-hydrogen) atoms. The van der Waals surface area contributed by atoms with Crippen molar-refractivity contribution < 1.29 is 13.5 Å². The first-order chi connectivity index (χ1) is 8.54. The standard InChI is InChI=1S/C14H11BrF2O/c1-9-2-3-11(15)6-14(9)18-8-10-4-12(16)7-13(17)5-10/h2-7H,8H2,1H3. The van der Waals surface area contributed by atoms with Crippen LogP contribution in [0.5, 0.6) is 5.75 Å². The van der Waals surface area contributed by atoms with E-state index in [-0.39, 0.29) is 6.61 Å². The molecule has 4 heteroatoms. The van der Waals surface area contributed by atoms with E-state index < -0.39 is 11.6 Å². The number of rotatable bonds is 3. The smallest absolute Gasteiger partial charge is 0.126 e. The third-order valence-corrected chi connectivity index (χ3v) is 2.96. The van der Waals surface area contributed by atoms with Gasteiger partial charge in [0.25, 0.3) is 0 Å². The van der Waals surface area contributed by atoms with Crippen molar-refractivity contribution in [3.05, 3.63) is 63.6 Å². The van der Waals surface area contributed by atoms with Gasteiger partial charge in [0.1, 0.15) is 24.0 Å². The minimum absolute atomic E-state index is 0.131. The zero-order valence-electron chi connectivity index (χ0n) is 9.71. The number of halogens is 3. The van der Waals surface area contributed by atoms with Gasteiger partial charge in [-0.05, 0) is 42.3 Å². The fourth-order valence-corrected chi connectivity index (χ4v) is 1.92. The van der Waals surface area contributed by atoms with E-state index in [0.29, 0.717) is 11.3 Å². The Balaban J connectivity index is 2.13. The van der Waals surface area contributed by atoms with Gasteiger partial charge in [0.15, 0.2) is 0 Å². The molecule has 0 N–H and O–H groups in total. The molecule has 0 saturated heterocycles. The van der Waals surface area contributed by atoms with Crippen LogP contribution < -0.4 is 4.74 Å². The Morgan fingerprint density at radius 2 is 1.72 bits per heavy atom. The van der Waals surface area contributed by atoms with Crippen LogP contribution in [0.2, 0.25) is 0 Å². The maximum absolute atomic E-state index is 13.0. The van der Waals surface area contributed by atoms with Gasteiger partial charge >= 0.3 is 0 Å². The highest BCUT2D eigenvalue weighted by Crippen LogP contribution is 2.24. The Hall–Kier alpha value is -1.42.